The van der Waals surface area contributed by atoms with Crippen LogP contribution in [0.3, 0.4) is 0 Å². The fourth-order valence-corrected chi connectivity index (χ4v) is 2.39. The molecule has 110 valence electrons. The maximum Gasteiger partial charge on any atom is 0.326 e. The Morgan fingerprint density at radius 2 is 1.75 bits per heavy atom. The normalized spacial score (nSPS) is 12.8. The van der Waals surface area contributed by atoms with Gasteiger partial charge in [0.25, 0.3) is 5.91 Å². The number of carboxylic acids is 1. The predicted octanol–water partition coefficient (Wildman–Crippen LogP) is 0.776. The number of carbonyl (C=O) groups excluding carboxylic acids is 1. The summed E-state index contributed by atoms with van der Waals surface area (Å²) in [5.41, 5.74) is 0.899. The van der Waals surface area contributed by atoms with E-state index in [0.717, 1.165) is 11.2 Å². The molecular formula is C13H17NO5S. The van der Waals surface area contributed by atoms with E-state index in [1.165, 1.54) is 26.1 Å². The second-order valence-corrected chi connectivity index (χ2v) is 6.84. The Balaban J connectivity index is 2.88. The number of hydrogen-bond acceptors (Lipinski definition) is 4. The zero-order valence-electron chi connectivity index (χ0n) is 11.5. The van der Waals surface area contributed by atoms with Crippen molar-refractivity contribution in [3.05, 3.63) is 35.4 Å². The van der Waals surface area contributed by atoms with Crippen molar-refractivity contribution < 1.29 is 23.1 Å². The standard InChI is InChI=1S/C13H17NO5S/c1-9(13(16)17)14(2)12(15)11-6-4-10(5-7-11)8-20(3,18)19/h4-7,9H,8H2,1-3H3,(H,16,17). The van der Waals surface area contributed by atoms with Crippen LogP contribution in [0.2, 0.25) is 0 Å². The van der Waals surface area contributed by atoms with Gasteiger partial charge in [0.1, 0.15) is 6.04 Å². The maximum atomic E-state index is 12.0. The van der Waals surface area contributed by atoms with E-state index < -0.39 is 27.8 Å². The van der Waals surface area contributed by atoms with Gasteiger partial charge in [-0.2, -0.15) is 0 Å². The first-order chi connectivity index (χ1) is 9.11. The molecule has 0 aromatic heterocycles. The summed E-state index contributed by atoms with van der Waals surface area (Å²) in [4.78, 5) is 24.0. The van der Waals surface area contributed by atoms with Crippen LogP contribution in [0.5, 0.6) is 0 Å². The van der Waals surface area contributed by atoms with Crippen LogP contribution in [0.25, 0.3) is 0 Å². The fraction of sp³-hybridized carbons (Fsp3) is 0.385. The summed E-state index contributed by atoms with van der Waals surface area (Å²) < 4.78 is 22.3. The van der Waals surface area contributed by atoms with Gasteiger partial charge in [-0.15, -0.1) is 0 Å². The first-order valence-electron chi connectivity index (χ1n) is 5.88. The lowest BCUT2D eigenvalue weighted by atomic mass is 10.1. The lowest BCUT2D eigenvalue weighted by Crippen LogP contribution is -2.40. The van der Waals surface area contributed by atoms with E-state index in [4.69, 9.17) is 5.11 Å². The smallest absolute Gasteiger partial charge is 0.326 e. The first-order valence-corrected chi connectivity index (χ1v) is 7.94. The van der Waals surface area contributed by atoms with E-state index >= 15 is 0 Å². The number of carboxylic acid groups (broad SMARTS) is 1. The summed E-state index contributed by atoms with van der Waals surface area (Å²) in [6.45, 7) is 1.41. The van der Waals surface area contributed by atoms with Crippen LogP contribution in [0, 0.1) is 0 Å². The number of hydrogen-bond donors (Lipinski definition) is 1. The van der Waals surface area contributed by atoms with Crippen LogP contribution < -0.4 is 0 Å². The molecule has 0 aliphatic carbocycles. The molecule has 0 aliphatic heterocycles. The second kappa shape index (κ2) is 6.04. The van der Waals surface area contributed by atoms with E-state index in [1.807, 2.05) is 0 Å². The predicted molar refractivity (Wildman–Crippen MR) is 74.2 cm³/mol. The van der Waals surface area contributed by atoms with Gasteiger partial charge >= 0.3 is 5.97 Å². The molecule has 0 saturated heterocycles. The van der Waals surface area contributed by atoms with E-state index in [-0.39, 0.29) is 5.75 Å². The molecule has 1 aromatic rings. The van der Waals surface area contributed by atoms with E-state index in [1.54, 1.807) is 12.1 Å². The van der Waals surface area contributed by atoms with Crippen molar-refractivity contribution in [1.82, 2.24) is 4.90 Å². The number of amides is 1. The van der Waals surface area contributed by atoms with Crippen LogP contribution in [-0.4, -0.2) is 49.6 Å². The van der Waals surface area contributed by atoms with Crippen molar-refractivity contribution in [3.8, 4) is 0 Å². The minimum atomic E-state index is -3.12. The maximum absolute atomic E-state index is 12.0. The molecule has 7 heteroatoms. The third-order valence-corrected chi connectivity index (χ3v) is 3.75. The number of benzene rings is 1. The second-order valence-electron chi connectivity index (χ2n) is 4.70. The summed E-state index contributed by atoms with van der Waals surface area (Å²) in [5.74, 6) is -1.61. The van der Waals surface area contributed by atoms with Gasteiger partial charge < -0.3 is 10.0 Å². The molecule has 1 atom stereocenters. The topological polar surface area (TPSA) is 91.8 Å². The zero-order valence-corrected chi connectivity index (χ0v) is 12.3. The third kappa shape index (κ3) is 4.34. The minimum absolute atomic E-state index is 0.0944. The summed E-state index contributed by atoms with van der Waals surface area (Å²) in [7, 11) is -1.72. The molecule has 1 amide bonds. The molecule has 0 radical (unpaired) electrons. The van der Waals surface area contributed by atoms with Gasteiger partial charge in [0, 0.05) is 18.9 Å². The Kier molecular flexibility index (Phi) is 4.88. The number of sulfone groups is 1. The highest BCUT2D eigenvalue weighted by Gasteiger charge is 2.22. The van der Waals surface area contributed by atoms with Gasteiger partial charge in [0.15, 0.2) is 9.84 Å². The first kappa shape index (κ1) is 16.2. The molecule has 1 rings (SSSR count). The number of carbonyl (C=O) groups is 2. The highest BCUT2D eigenvalue weighted by molar-refractivity contribution is 7.89. The summed E-state index contributed by atoms with van der Waals surface area (Å²) >= 11 is 0. The Morgan fingerprint density at radius 1 is 1.25 bits per heavy atom. The van der Waals surface area contributed by atoms with Crippen LogP contribution in [0.1, 0.15) is 22.8 Å². The number of aliphatic carboxylic acids is 1. The highest BCUT2D eigenvalue weighted by atomic mass is 32.2. The number of likely N-dealkylation sites (N-methyl/N-ethyl adjacent to an activating group) is 1. The van der Waals surface area contributed by atoms with Crippen LogP contribution in [0.4, 0.5) is 0 Å². The lowest BCUT2D eigenvalue weighted by molar-refractivity contribution is -0.141. The molecule has 0 bridgehead atoms. The van der Waals surface area contributed by atoms with E-state index in [9.17, 15) is 18.0 Å². The van der Waals surface area contributed by atoms with Crippen molar-refractivity contribution >= 4 is 21.7 Å². The van der Waals surface area contributed by atoms with Crippen molar-refractivity contribution in [1.29, 1.82) is 0 Å². The Bertz CT molecular complexity index is 606. The van der Waals surface area contributed by atoms with Gasteiger partial charge in [-0.1, -0.05) is 12.1 Å². The summed E-state index contributed by atoms with van der Waals surface area (Å²) in [5, 5.41) is 8.86. The number of rotatable bonds is 5. The van der Waals surface area contributed by atoms with E-state index in [2.05, 4.69) is 0 Å². The van der Waals surface area contributed by atoms with Gasteiger partial charge in [-0.25, -0.2) is 13.2 Å². The quantitative estimate of drug-likeness (QED) is 0.867. The molecule has 0 fully saturated rings. The van der Waals surface area contributed by atoms with Gasteiger partial charge in [-0.3, -0.25) is 4.79 Å². The minimum Gasteiger partial charge on any atom is -0.480 e. The Morgan fingerprint density at radius 3 is 2.15 bits per heavy atom. The Labute approximate surface area is 117 Å². The largest absolute Gasteiger partial charge is 0.480 e. The fourth-order valence-electron chi connectivity index (χ4n) is 1.59. The molecule has 0 saturated carbocycles. The molecule has 1 unspecified atom stereocenters. The summed E-state index contributed by atoms with van der Waals surface area (Å²) in [6.07, 6.45) is 1.13. The van der Waals surface area contributed by atoms with Crippen molar-refractivity contribution in [3.63, 3.8) is 0 Å². The SMILES string of the molecule is CC(C(=O)O)N(C)C(=O)c1ccc(CS(C)(=O)=O)cc1. The Hall–Kier alpha value is -1.89. The molecule has 1 N–H and O–H groups in total. The third-order valence-electron chi connectivity index (χ3n) is 2.89. The van der Waals surface area contributed by atoms with Gasteiger partial charge in [0.2, 0.25) is 0 Å². The molecule has 1 aromatic carbocycles. The van der Waals surface area contributed by atoms with Crippen LogP contribution in [0.15, 0.2) is 24.3 Å². The highest BCUT2D eigenvalue weighted by Crippen LogP contribution is 2.11. The summed E-state index contributed by atoms with van der Waals surface area (Å²) in [6, 6.07) is 5.15. The van der Waals surface area contributed by atoms with Crippen molar-refractivity contribution in [2.75, 3.05) is 13.3 Å². The van der Waals surface area contributed by atoms with E-state index in [0.29, 0.717) is 11.1 Å². The lowest BCUT2D eigenvalue weighted by Gasteiger charge is -2.21. The average Bonchev–Trinajstić information content (AvgIpc) is 2.35. The molecule has 20 heavy (non-hydrogen) atoms. The monoisotopic (exact) mass is 299 g/mol. The molecule has 0 spiro atoms. The zero-order chi connectivity index (χ0) is 15.5. The van der Waals surface area contributed by atoms with Crippen molar-refractivity contribution in [2.24, 2.45) is 0 Å². The average molecular weight is 299 g/mol. The van der Waals surface area contributed by atoms with Gasteiger partial charge in [0.05, 0.1) is 5.75 Å². The molecule has 0 heterocycles. The molecular weight excluding hydrogens is 282 g/mol. The number of nitrogens with zero attached hydrogens (tertiary/aromatic N) is 1. The van der Waals surface area contributed by atoms with Crippen LogP contribution in [-0.2, 0) is 20.4 Å². The van der Waals surface area contributed by atoms with Crippen LogP contribution >= 0.6 is 0 Å². The molecule has 0 aliphatic rings. The van der Waals surface area contributed by atoms with Gasteiger partial charge in [-0.05, 0) is 24.6 Å². The van der Waals surface area contributed by atoms with Crippen molar-refractivity contribution in [2.45, 2.75) is 18.7 Å². The molecule has 6 nitrogen and oxygen atoms in total.